The Morgan fingerprint density at radius 1 is 1.25 bits per heavy atom. The van der Waals surface area contributed by atoms with Crippen LogP contribution in [0.15, 0.2) is 70.9 Å². The summed E-state index contributed by atoms with van der Waals surface area (Å²) < 4.78 is 0. The van der Waals surface area contributed by atoms with E-state index in [0.717, 1.165) is 6.42 Å². The molecule has 0 amide bonds. The molecule has 0 aromatic rings. The highest BCUT2D eigenvalue weighted by molar-refractivity contribution is 5.47. The summed E-state index contributed by atoms with van der Waals surface area (Å²) >= 11 is 0. The zero-order chi connectivity index (χ0) is 17.9. The summed E-state index contributed by atoms with van der Waals surface area (Å²) in [7, 11) is 4.22. The van der Waals surface area contributed by atoms with Crippen molar-refractivity contribution >= 4 is 0 Å². The lowest BCUT2D eigenvalue weighted by molar-refractivity contribution is 0.390. The van der Waals surface area contributed by atoms with E-state index in [2.05, 4.69) is 88.9 Å². The van der Waals surface area contributed by atoms with Gasteiger partial charge in [-0.25, -0.2) is 0 Å². The Balaban J connectivity index is 2.56. The zero-order valence-electron chi connectivity index (χ0n) is 15.5. The number of hydrogen-bond acceptors (Lipinski definition) is 2. The van der Waals surface area contributed by atoms with Gasteiger partial charge in [-0.05, 0) is 45.5 Å². The van der Waals surface area contributed by atoms with E-state index >= 15 is 0 Å². The Hall–Kier alpha value is -2.11. The van der Waals surface area contributed by atoms with Gasteiger partial charge in [0.2, 0.25) is 0 Å². The predicted octanol–water partition coefficient (Wildman–Crippen LogP) is 4.97. The number of fused-ring (bicyclic) bond motifs is 1. The van der Waals surface area contributed by atoms with Crippen molar-refractivity contribution in [1.29, 1.82) is 5.26 Å². The maximum Gasteiger partial charge on any atom is 0.0950 e. The number of likely N-dealkylation sites (N-methyl/N-ethyl adjacent to an activating group) is 1. The van der Waals surface area contributed by atoms with Crippen molar-refractivity contribution in [1.82, 2.24) is 4.90 Å². The van der Waals surface area contributed by atoms with Crippen LogP contribution in [0.2, 0.25) is 0 Å². The van der Waals surface area contributed by atoms with Crippen LogP contribution in [-0.2, 0) is 0 Å². The highest BCUT2D eigenvalue weighted by Gasteiger charge is 2.23. The van der Waals surface area contributed by atoms with E-state index in [1.807, 2.05) is 0 Å². The number of rotatable bonds is 2. The average Bonchev–Trinajstić information content (AvgIpc) is 2.76. The van der Waals surface area contributed by atoms with Crippen molar-refractivity contribution in [3.8, 4) is 6.07 Å². The lowest BCUT2D eigenvalue weighted by Gasteiger charge is -2.25. The fourth-order valence-electron chi connectivity index (χ4n) is 3.40. The molecule has 0 aromatic carbocycles. The molecule has 2 heteroatoms. The van der Waals surface area contributed by atoms with Gasteiger partial charge in [-0.3, -0.25) is 4.90 Å². The van der Waals surface area contributed by atoms with Crippen LogP contribution >= 0.6 is 0 Å². The molecule has 0 aromatic heterocycles. The molecule has 2 aliphatic rings. The lowest BCUT2D eigenvalue weighted by Crippen LogP contribution is -2.24. The number of allylic oxidation sites excluding steroid dienone is 9. The minimum absolute atomic E-state index is 0.0150. The summed E-state index contributed by atoms with van der Waals surface area (Å²) in [5.74, 6) is 0.341. The molecule has 0 saturated carbocycles. The molecule has 0 heterocycles. The van der Waals surface area contributed by atoms with Crippen molar-refractivity contribution in [3.63, 3.8) is 0 Å². The van der Waals surface area contributed by atoms with Crippen LogP contribution in [0, 0.1) is 23.2 Å². The topological polar surface area (TPSA) is 27.0 Å². The summed E-state index contributed by atoms with van der Waals surface area (Å²) in [4.78, 5) is 2.22. The average molecular weight is 320 g/mol. The molecule has 0 aliphatic heterocycles. The Kier molecular flexibility index (Phi) is 5.80. The fourth-order valence-corrected chi connectivity index (χ4v) is 3.40. The van der Waals surface area contributed by atoms with Crippen LogP contribution < -0.4 is 0 Å². The van der Waals surface area contributed by atoms with Gasteiger partial charge in [-0.2, -0.15) is 5.26 Å². The zero-order valence-corrected chi connectivity index (χ0v) is 15.5. The minimum Gasteiger partial charge on any atom is -0.300 e. The van der Waals surface area contributed by atoms with Gasteiger partial charge in [0.25, 0.3) is 0 Å². The third-order valence-corrected chi connectivity index (χ3v) is 5.31. The van der Waals surface area contributed by atoms with Crippen LogP contribution in [0.5, 0.6) is 0 Å². The van der Waals surface area contributed by atoms with E-state index in [-0.39, 0.29) is 5.92 Å². The molecule has 3 unspecified atom stereocenters. The van der Waals surface area contributed by atoms with Gasteiger partial charge < -0.3 is 0 Å². The monoisotopic (exact) mass is 320 g/mol. The lowest BCUT2D eigenvalue weighted by atomic mass is 9.82. The third kappa shape index (κ3) is 3.68. The first-order chi connectivity index (χ1) is 11.4. The van der Waals surface area contributed by atoms with Gasteiger partial charge in [0.05, 0.1) is 6.07 Å². The summed E-state index contributed by atoms with van der Waals surface area (Å²) in [5.41, 5.74) is 5.94. The molecule has 2 rings (SSSR count). The molecule has 0 radical (unpaired) electrons. The summed E-state index contributed by atoms with van der Waals surface area (Å²) in [6.45, 7) is 10.6. The predicted molar refractivity (Wildman–Crippen MR) is 102 cm³/mol. The number of nitriles is 1. The first kappa shape index (κ1) is 18.2. The highest BCUT2D eigenvalue weighted by Crippen LogP contribution is 2.36. The van der Waals surface area contributed by atoms with E-state index < -0.39 is 0 Å². The normalized spacial score (nSPS) is 27.3. The second-order valence-corrected chi connectivity index (χ2v) is 6.99. The van der Waals surface area contributed by atoms with E-state index in [0.29, 0.717) is 17.5 Å². The molecular weight excluding hydrogens is 292 g/mol. The summed E-state index contributed by atoms with van der Waals surface area (Å²) in [6, 6.07) is 2.54. The van der Waals surface area contributed by atoms with Crippen LogP contribution in [0.3, 0.4) is 0 Å². The molecule has 0 spiro atoms. The Labute approximate surface area is 146 Å². The minimum atomic E-state index is 0.0150. The standard InChI is InChI=1S/C22H28N2/c1-15(14-23)21-12-8-10-19-9-7-11-20(24(5)6)13-22(19)18(4)16(2)17(21)3/h7-9,11-13,18,20-21H,1,10H2,2-6H3. The smallest absolute Gasteiger partial charge is 0.0950 e. The van der Waals surface area contributed by atoms with Crippen molar-refractivity contribution in [2.24, 2.45) is 11.8 Å². The van der Waals surface area contributed by atoms with Crippen LogP contribution in [0.4, 0.5) is 0 Å². The van der Waals surface area contributed by atoms with E-state index in [1.54, 1.807) is 0 Å². The second kappa shape index (κ2) is 7.64. The highest BCUT2D eigenvalue weighted by atomic mass is 15.1. The number of nitrogens with zero attached hydrogens (tertiary/aromatic N) is 2. The van der Waals surface area contributed by atoms with Gasteiger partial charge in [0, 0.05) is 23.5 Å². The Bertz CT molecular complexity index is 705. The van der Waals surface area contributed by atoms with Crippen molar-refractivity contribution in [2.75, 3.05) is 14.1 Å². The van der Waals surface area contributed by atoms with Gasteiger partial charge in [0.15, 0.2) is 0 Å². The molecule has 126 valence electrons. The maximum atomic E-state index is 9.29. The quantitative estimate of drug-likeness (QED) is 0.531. The molecule has 0 fully saturated rings. The maximum absolute atomic E-state index is 9.29. The van der Waals surface area contributed by atoms with E-state index in [1.165, 1.54) is 22.3 Å². The molecular formula is C22H28N2. The van der Waals surface area contributed by atoms with Crippen molar-refractivity contribution < 1.29 is 0 Å². The van der Waals surface area contributed by atoms with E-state index in [9.17, 15) is 5.26 Å². The Morgan fingerprint density at radius 3 is 2.58 bits per heavy atom. The van der Waals surface area contributed by atoms with Crippen molar-refractivity contribution in [2.45, 2.75) is 33.2 Å². The molecule has 0 saturated heterocycles. The van der Waals surface area contributed by atoms with Crippen LogP contribution in [0.1, 0.15) is 27.2 Å². The number of hydrogen-bond donors (Lipinski definition) is 0. The molecule has 0 N–H and O–H groups in total. The van der Waals surface area contributed by atoms with E-state index in [4.69, 9.17) is 0 Å². The second-order valence-electron chi connectivity index (χ2n) is 6.99. The first-order valence-corrected chi connectivity index (χ1v) is 8.55. The third-order valence-electron chi connectivity index (χ3n) is 5.31. The molecule has 2 aliphatic carbocycles. The molecule has 3 atom stereocenters. The van der Waals surface area contributed by atoms with Gasteiger partial charge in [0.1, 0.15) is 0 Å². The van der Waals surface area contributed by atoms with Crippen LogP contribution in [0.25, 0.3) is 0 Å². The fraction of sp³-hybridized carbons (Fsp3) is 0.409. The van der Waals surface area contributed by atoms with Gasteiger partial charge in [-0.15, -0.1) is 0 Å². The van der Waals surface area contributed by atoms with Crippen molar-refractivity contribution in [3.05, 3.63) is 70.9 Å². The van der Waals surface area contributed by atoms with Gasteiger partial charge >= 0.3 is 0 Å². The van der Waals surface area contributed by atoms with Gasteiger partial charge in [-0.1, -0.05) is 61.1 Å². The van der Waals surface area contributed by atoms with Crippen LogP contribution in [-0.4, -0.2) is 25.0 Å². The SMILES string of the molecule is C=C(C#N)C1C=CCC2=CC=CC(N(C)C)C=C2C(C)C(C)=C1C. The summed E-state index contributed by atoms with van der Waals surface area (Å²) in [5, 5.41) is 9.29. The molecule has 0 bridgehead atoms. The molecule has 24 heavy (non-hydrogen) atoms. The first-order valence-electron chi connectivity index (χ1n) is 8.55. The summed E-state index contributed by atoms with van der Waals surface area (Å²) in [6.07, 6.45) is 14.2. The largest absolute Gasteiger partial charge is 0.300 e. The Morgan fingerprint density at radius 2 is 1.96 bits per heavy atom. The molecule has 2 nitrogen and oxygen atoms in total.